The summed E-state index contributed by atoms with van der Waals surface area (Å²) in [6, 6.07) is 14.8. The summed E-state index contributed by atoms with van der Waals surface area (Å²) in [7, 11) is 0. The molecule has 0 fully saturated rings. The lowest BCUT2D eigenvalue weighted by atomic mass is 9.79. The van der Waals surface area contributed by atoms with Gasteiger partial charge in [0.15, 0.2) is 17.7 Å². The van der Waals surface area contributed by atoms with Gasteiger partial charge in [0.05, 0.1) is 18.3 Å². The third-order valence-corrected chi connectivity index (χ3v) is 6.59. The molecule has 0 bridgehead atoms. The second-order valence-electron chi connectivity index (χ2n) is 9.36. The largest absolute Gasteiger partial charge is 0.573 e. The fourth-order valence-corrected chi connectivity index (χ4v) is 4.59. The van der Waals surface area contributed by atoms with Crippen LogP contribution in [0.25, 0.3) is 0 Å². The number of carbonyl (C=O) groups is 2. The van der Waals surface area contributed by atoms with Crippen LogP contribution >= 0.6 is 0 Å². The number of aliphatic hydroxyl groups excluding tert-OH is 2. The van der Waals surface area contributed by atoms with E-state index in [1.54, 1.807) is 0 Å². The minimum atomic E-state index is -4.93. The van der Waals surface area contributed by atoms with Crippen molar-refractivity contribution in [3.63, 3.8) is 0 Å². The average molecular weight is 543 g/mol. The first kappa shape index (κ1) is 27.8. The van der Waals surface area contributed by atoms with Gasteiger partial charge in [-0.15, -0.1) is 13.2 Å². The maximum Gasteiger partial charge on any atom is 0.573 e. The Morgan fingerprint density at radius 1 is 1.15 bits per heavy atom. The zero-order valence-electron chi connectivity index (χ0n) is 20.7. The lowest BCUT2D eigenvalue weighted by molar-refractivity contribution is -0.275. The van der Waals surface area contributed by atoms with Gasteiger partial charge in [-0.1, -0.05) is 48.5 Å². The van der Waals surface area contributed by atoms with Crippen LogP contribution in [0.15, 0.2) is 65.7 Å². The third kappa shape index (κ3) is 6.10. The van der Waals surface area contributed by atoms with E-state index in [9.17, 15) is 38.2 Å². The van der Waals surface area contributed by atoms with Gasteiger partial charge in [-0.25, -0.2) is 0 Å². The number of nitriles is 1. The molecule has 39 heavy (non-hydrogen) atoms. The van der Waals surface area contributed by atoms with Gasteiger partial charge in [0.2, 0.25) is 0 Å². The first-order valence-electron chi connectivity index (χ1n) is 11.9. The van der Waals surface area contributed by atoms with Crippen LogP contribution in [-0.2, 0) is 22.7 Å². The van der Waals surface area contributed by atoms with Crippen LogP contribution in [0.2, 0.25) is 0 Å². The molecule has 4 atom stereocenters. The summed E-state index contributed by atoms with van der Waals surface area (Å²) in [5.74, 6) is -3.19. The van der Waals surface area contributed by atoms with E-state index in [4.69, 9.17) is 0 Å². The van der Waals surface area contributed by atoms with Gasteiger partial charge >= 0.3 is 6.36 Å². The minimum Gasteiger partial charge on any atom is -0.405 e. The highest BCUT2D eigenvalue weighted by atomic mass is 19.4. The number of halogens is 3. The number of amides is 2. The number of aliphatic imine (C=N–C) groups is 1. The minimum absolute atomic E-state index is 0.100. The van der Waals surface area contributed by atoms with E-state index < -0.39 is 47.6 Å². The van der Waals surface area contributed by atoms with Crippen molar-refractivity contribution in [2.45, 2.75) is 50.0 Å². The molecule has 2 aliphatic heterocycles. The molecule has 0 radical (unpaired) electrons. The number of nitrogens with zero attached hydrogens (tertiary/aromatic N) is 3. The Balaban J connectivity index is 1.40. The van der Waals surface area contributed by atoms with Gasteiger partial charge in [-0.05, 0) is 30.2 Å². The van der Waals surface area contributed by atoms with E-state index in [-0.39, 0.29) is 30.9 Å². The van der Waals surface area contributed by atoms with Gasteiger partial charge in [0, 0.05) is 24.6 Å². The van der Waals surface area contributed by atoms with E-state index in [1.807, 2.05) is 30.3 Å². The van der Waals surface area contributed by atoms with Crippen LogP contribution in [-0.4, -0.2) is 63.3 Å². The number of rotatable bonds is 7. The van der Waals surface area contributed by atoms with Crippen LogP contribution in [0, 0.1) is 11.3 Å². The van der Waals surface area contributed by atoms with Crippen molar-refractivity contribution in [2.75, 3.05) is 6.54 Å². The summed E-state index contributed by atoms with van der Waals surface area (Å²) >= 11 is 0. The maximum absolute atomic E-state index is 12.9. The molecule has 12 heteroatoms. The number of aliphatic hydroxyl groups is 2. The summed E-state index contributed by atoms with van der Waals surface area (Å²) in [6.07, 6.45) is -6.07. The quantitative estimate of drug-likeness (QED) is 0.492. The number of hydrogen-bond acceptors (Lipinski definition) is 7. The maximum atomic E-state index is 12.9. The molecule has 2 unspecified atom stereocenters. The van der Waals surface area contributed by atoms with Crippen molar-refractivity contribution in [3.8, 4) is 11.8 Å². The van der Waals surface area contributed by atoms with Crippen molar-refractivity contribution in [2.24, 2.45) is 4.99 Å². The lowest BCUT2D eigenvalue weighted by Gasteiger charge is -2.31. The number of alkyl halides is 3. The van der Waals surface area contributed by atoms with Gasteiger partial charge in [-0.3, -0.25) is 14.6 Å². The Labute approximate surface area is 221 Å². The van der Waals surface area contributed by atoms with E-state index in [0.717, 1.165) is 17.2 Å². The van der Waals surface area contributed by atoms with Crippen LogP contribution in [0.1, 0.15) is 29.5 Å². The van der Waals surface area contributed by atoms with E-state index in [0.29, 0.717) is 0 Å². The summed E-state index contributed by atoms with van der Waals surface area (Å²) in [5, 5.41) is 32.8. The predicted molar refractivity (Wildman–Crippen MR) is 132 cm³/mol. The van der Waals surface area contributed by atoms with E-state index in [1.165, 1.54) is 42.2 Å². The number of ether oxygens (including phenoxy) is 1. The summed E-state index contributed by atoms with van der Waals surface area (Å²) in [5.41, 5.74) is 0.568. The van der Waals surface area contributed by atoms with Crippen LogP contribution in [0.3, 0.4) is 0 Å². The average Bonchev–Trinajstić information content (AvgIpc) is 3.34. The molecular weight excluding hydrogens is 517 g/mol. The van der Waals surface area contributed by atoms with Crippen molar-refractivity contribution < 1.29 is 37.7 Å². The van der Waals surface area contributed by atoms with Gasteiger partial charge in [-0.2, -0.15) is 5.26 Å². The number of nitrogens with one attached hydrogen (secondary N) is 1. The number of carbonyl (C=O) groups excluding carboxylic acids is 2. The van der Waals surface area contributed by atoms with E-state index in [2.05, 4.69) is 15.0 Å². The SMILES string of the molecule is CC1(C#N)N=C(CNC(=O)[C@H](O)[C@@H](O)C(=O)N2Cc3ccccc3C2)C=CC1c1ccccc1OC(F)(F)F. The number of benzene rings is 2. The predicted octanol–water partition coefficient (Wildman–Crippen LogP) is 2.34. The highest BCUT2D eigenvalue weighted by Gasteiger charge is 2.40. The second kappa shape index (κ2) is 10.9. The molecular formula is C27H25F3N4O5. The van der Waals surface area contributed by atoms with Crippen molar-refractivity contribution in [1.29, 1.82) is 5.26 Å². The molecule has 2 aromatic carbocycles. The fourth-order valence-electron chi connectivity index (χ4n) is 4.59. The van der Waals surface area contributed by atoms with Crippen molar-refractivity contribution in [1.82, 2.24) is 10.2 Å². The molecule has 0 saturated carbocycles. The number of fused-ring (bicyclic) bond motifs is 1. The van der Waals surface area contributed by atoms with Crippen LogP contribution in [0.4, 0.5) is 13.2 Å². The highest BCUT2D eigenvalue weighted by Crippen LogP contribution is 2.41. The van der Waals surface area contributed by atoms with Gasteiger partial charge in [0.1, 0.15) is 5.75 Å². The molecule has 204 valence electrons. The second-order valence-corrected chi connectivity index (χ2v) is 9.36. The normalized spacial score (nSPS) is 21.8. The Hall–Kier alpha value is -4.21. The standard InChI is InChI=1S/C27H25F3N4O5/c1-26(15-31)20(19-8-4-5-9-21(19)39-27(28,29)30)11-10-18(33-26)12-32-24(37)22(35)23(36)25(38)34-13-16-6-2-3-7-17(16)14-34/h2-11,20,22-23,35-36H,12-14H2,1H3,(H,32,37)/t20?,22-,23-,26?/m1/s1. The molecule has 2 heterocycles. The Morgan fingerprint density at radius 2 is 1.77 bits per heavy atom. The van der Waals surface area contributed by atoms with Crippen LogP contribution < -0.4 is 10.1 Å². The monoisotopic (exact) mass is 542 g/mol. The molecule has 0 aliphatic carbocycles. The highest BCUT2D eigenvalue weighted by molar-refractivity contribution is 6.01. The molecule has 0 spiro atoms. The smallest absolute Gasteiger partial charge is 0.405 e. The first-order valence-corrected chi connectivity index (χ1v) is 11.9. The number of para-hydroxylation sites is 1. The summed E-state index contributed by atoms with van der Waals surface area (Å²) in [4.78, 5) is 30.8. The van der Waals surface area contributed by atoms with Crippen molar-refractivity contribution in [3.05, 3.63) is 77.4 Å². The lowest BCUT2D eigenvalue weighted by Crippen LogP contribution is -2.50. The number of dihydropyridines is 1. The molecule has 2 aromatic rings. The zero-order valence-corrected chi connectivity index (χ0v) is 20.7. The van der Waals surface area contributed by atoms with Gasteiger partial charge < -0.3 is 25.2 Å². The summed E-state index contributed by atoms with van der Waals surface area (Å²) in [6.45, 7) is 1.64. The van der Waals surface area contributed by atoms with Crippen LogP contribution in [0.5, 0.6) is 5.75 Å². The Kier molecular flexibility index (Phi) is 7.76. The summed E-state index contributed by atoms with van der Waals surface area (Å²) < 4.78 is 42.8. The zero-order chi connectivity index (χ0) is 28.4. The molecule has 0 aromatic heterocycles. The molecule has 3 N–H and O–H groups in total. The van der Waals surface area contributed by atoms with Gasteiger partial charge in [0.25, 0.3) is 11.8 Å². The molecule has 9 nitrogen and oxygen atoms in total. The fraction of sp³-hybridized carbons (Fsp3) is 0.333. The third-order valence-electron chi connectivity index (χ3n) is 6.59. The molecule has 2 amide bonds. The Bertz CT molecular complexity index is 1340. The molecule has 4 rings (SSSR count). The molecule has 2 aliphatic rings. The number of hydrogen-bond donors (Lipinski definition) is 3. The van der Waals surface area contributed by atoms with E-state index >= 15 is 0 Å². The topological polar surface area (TPSA) is 135 Å². The first-order chi connectivity index (χ1) is 18.4. The Morgan fingerprint density at radius 3 is 2.38 bits per heavy atom. The molecule has 0 saturated heterocycles. The van der Waals surface area contributed by atoms with Crippen molar-refractivity contribution >= 4 is 17.5 Å².